The molecule has 1 fully saturated rings. The maximum atomic E-state index is 12.8. The minimum atomic E-state index is -4.61. The van der Waals surface area contributed by atoms with Crippen LogP contribution in [0.15, 0.2) is 16.7 Å². The Morgan fingerprint density at radius 3 is 2.85 bits per heavy atom. The fraction of sp³-hybridized carbons (Fsp3) is 0.500. The van der Waals surface area contributed by atoms with Crippen molar-refractivity contribution in [2.24, 2.45) is 11.7 Å². The van der Waals surface area contributed by atoms with Gasteiger partial charge >= 0.3 is 6.18 Å². The summed E-state index contributed by atoms with van der Waals surface area (Å²) >= 11 is 1.06. The van der Waals surface area contributed by atoms with Crippen molar-refractivity contribution in [1.29, 1.82) is 0 Å². The Morgan fingerprint density at radius 2 is 2.23 bits per heavy atom. The van der Waals surface area contributed by atoms with E-state index in [-0.39, 0.29) is 23.1 Å². The van der Waals surface area contributed by atoms with Crippen LogP contribution in [0, 0.1) is 12.8 Å². The van der Waals surface area contributed by atoms with E-state index in [0.717, 1.165) is 24.2 Å². The van der Waals surface area contributed by atoms with E-state index in [9.17, 15) is 23.1 Å². The first-order valence-corrected chi connectivity index (χ1v) is 8.86. The third-order valence-electron chi connectivity index (χ3n) is 4.46. The number of amides is 1. The average molecular weight is 389 g/mol. The number of carbonyl (C=O) groups excluding carboxylic acids is 1. The summed E-state index contributed by atoms with van der Waals surface area (Å²) in [7, 11) is 0. The predicted molar refractivity (Wildman–Crippen MR) is 88.4 cm³/mol. The number of thiophene rings is 1. The highest BCUT2D eigenvalue weighted by Gasteiger charge is 2.39. The molecule has 0 aromatic carbocycles. The summed E-state index contributed by atoms with van der Waals surface area (Å²) in [6.07, 6.45) is -4.12. The maximum absolute atomic E-state index is 12.8. The molecule has 6 nitrogen and oxygen atoms in total. The fourth-order valence-corrected chi connectivity index (χ4v) is 4.05. The molecule has 2 unspecified atom stereocenters. The Morgan fingerprint density at radius 1 is 1.50 bits per heavy atom. The molecule has 1 saturated heterocycles. The van der Waals surface area contributed by atoms with Crippen molar-refractivity contribution in [1.82, 2.24) is 10.1 Å². The Bertz CT molecular complexity index is 800. The van der Waals surface area contributed by atoms with Gasteiger partial charge in [0.15, 0.2) is 0 Å². The highest BCUT2D eigenvalue weighted by atomic mass is 32.1. The van der Waals surface area contributed by atoms with Crippen LogP contribution in [0.25, 0.3) is 10.6 Å². The standard InChI is InChI=1S/C16H18F3N3O3S/c1-8-12(21-25-13(8)16(17,18)19)10-4-5-11(26-10)15(24)22-6-2-3-9(7-22)14(20)23/h4-5,9,14,23H,2-3,6-7,20H2,1H3. The number of aromatic nitrogens is 1. The fourth-order valence-electron chi connectivity index (χ4n) is 3.04. The van der Waals surface area contributed by atoms with Crippen LogP contribution in [-0.4, -0.2) is 40.4 Å². The Hall–Kier alpha value is -1.91. The molecule has 0 saturated carbocycles. The molecule has 26 heavy (non-hydrogen) atoms. The van der Waals surface area contributed by atoms with Gasteiger partial charge in [0.2, 0.25) is 5.76 Å². The van der Waals surface area contributed by atoms with Gasteiger partial charge in [-0.2, -0.15) is 13.2 Å². The second-order valence-corrected chi connectivity index (χ2v) is 7.37. The summed E-state index contributed by atoms with van der Waals surface area (Å²) in [5.41, 5.74) is 5.48. The van der Waals surface area contributed by atoms with E-state index in [0.29, 0.717) is 22.8 Å². The van der Waals surface area contributed by atoms with E-state index in [1.54, 1.807) is 17.0 Å². The number of aliphatic hydroxyl groups is 1. The zero-order valence-electron chi connectivity index (χ0n) is 13.9. The summed E-state index contributed by atoms with van der Waals surface area (Å²) in [4.78, 5) is 15.1. The number of aliphatic hydroxyl groups excluding tert-OH is 1. The molecular formula is C16H18F3N3O3S. The minimum absolute atomic E-state index is 0.0790. The van der Waals surface area contributed by atoms with Crippen molar-refractivity contribution >= 4 is 17.2 Å². The average Bonchev–Trinajstić information content (AvgIpc) is 3.20. The van der Waals surface area contributed by atoms with E-state index in [4.69, 9.17) is 5.73 Å². The summed E-state index contributed by atoms with van der Waals surface area (Å²) in [6, 6.07) is 3.12. The number of nitrogens with two attached hydrogens (primary N) is 1. The van der Waals surface area contributed by atoms with Crippen LogP contribution in [0.1, 0.15) is 33.8 Å². The van der Waals surface area contributed by atoms with Gasteiger partial charge in [-0.15, -0.1) is 11.3 Å². The van der Waals surface area contributed by atoms with Crippen LogP contribution < -0.4 is 5.73 Å². The van der Waals surface area contributed by atoms with Crippen LogP contribution in [0.2, 0.25) is 0 Å². The molecule has 3 N–H and O–H groups in total. The maximum Gasteiger partial charge on any atom is 0.452 e. The molecule has 10 heteroatoms. The summed E-state index contributed by atoms with van der Waals surface area (Å²) in [6.45, 7) is 2.19. The molecule has 1 aliphatic rings. The number of alkyl halides is 3. The molecule has 0 radical (unpaired) electrons. The van der Waals surface area contributed by atoms with Gasteiger partial charge in [0.1, 0.15) is 11.9 Å². The zero-order chi connectivity index (χ0) is 19.1. The molecule has 0 spiro atoms. The number of carbonyl (C=O) groups is 1. The Kier molecular flexibility index (Phi) is 5.09. The van der Waals surface area contributed by atoms with Crippen LogP contribution in [0.5, 0.6) is 0 Å². The van der Waals surface area contributed by atoms with Gasteiger partial charge in [-0.3, -0.25) is 4.79 Å². The highest BCUT2D eigenvalue weighted by molar-refractivity contribution is 7.17. The molecule has 3 rings (SSSR count). The monoisotopic (exact) mass is 389 g/mol. The number of hydrogen-bond acceptors (Lipinski definition) is 6. The topological polar surface area (TPSA) is 92.6 Å². The lowest BCUT2D eigenvalue weighted by atomic mass is 9.96. The Labute approximate surface area is 151 Å². The van der Waals surface area contributed by atoms with E-state index in [1.807, 2.05) is 0 Å². The van der Waals surface area contributed by atoms with Gasteiger partial charge in [0.05, 0.1) is 9.75 Å². The number of piperidine rings is 1. The minimum Gasteiger partial charge on any atom is -0.378 e. The van der Waals surface area contributed by atoms with Gasteiger partial charge in [-0.05, 0) is 31.9 Å². The molecule has 2 aromatic rings. The van der Waals surface area contributed by atoms with Crippen molar-refractivity contribution in [3.05, 3.63) is 28.3 Å². The van der Waals surface area contributed by atoms with E-state index in [1.165, 1.54) is 6.92 Å². The summed E-state index contributed by atoms with van der Waals surface area (Å²) < 4.78 is 42.9. The largest absolute Gasteiger partial charge is 0.452 e. The molecule has 2 aromatic heterocycles. The lowest BCUT2D eigenvalue weighted by Gasteiger charge is -2.33. The van der Waals surface area contributed by atoms with Gasteiger partial charge in [0.25, 0.3) is 5.91 Å². The van der Waals surface area contributed by atoms with Crippen molar-refractivity contribution in [3.63, 3.8) is 0 Å². The molecule has 1 amide bonds. The number of hydrogen-bond donors (Lipinski definition) is 2. The van der Waals surface area contributed by atoms with Crippen molar-refractivity contribution in [3.8, 4) is 10.6 Å². The SMILES string of the molecule is Cc1c(-c2ccc(C(=O)N3CCCC(C(N)O)C3)s2)noc1C(F)(F)F. The van der Waals surface area contributed by atoms with Gasteiger partial charge in [0, 0.05) is 24.6 Å². The quantitative estimate of drug-likeness (QED) is 0.788. The molecule has 1 aliphatic heterocycles. The highest BCUT2D eigenvalue weighted by Crippen LogP contribution is 2.38. The first kappa shape index (κ1) is 18.9. The molecular weight excluding hydrogens is 371 g/mol. The van der Waals surface area contributed by atoms with Crippen molar-refractivity contribution < 1.29 is 27.6 Å². The summed E-state index contributed by atoms with van der Waals surface area (Å²) in [5.74, 6) is -1.55. The second kappa shape index (κ2) is 7.01. The number of rotatable bonds is 3. The van der Waals surface area contributed by atoms with Gasteiger partial charge in [-0.1, -0.05) is 5.16 Å². The van der Waals surface area contributed by atoms with Crippen LogP contribution in [0.4, 0.5) is 13.2 Å². The van der Waals surface area contributed by atoms with E-state index >= 15 is 0 Å². The smallest absolute Gasteiger partial charge is 0.378 e. The first-order valence-electron chi connectivity index (χ1n) is 8.05. The van der Waals surface area contributed by atoms with Gasteiger partial charge < -0.3 is 20.3 Å². The third-order valence-corrected chi connectivity index (χ3v) is 5.54. The molecule has 0 bridgehead atoms. The summed E-state index contributed by atoms with van der Waals surface area (Å²) in [5, 5.41) is 13.0. The number of halogens is 3. The van der Waals surface area contributed by atoms with Crippen LogP contribution in [0.3, 0.4) is 0 Å². The third kappa shape index (κ3) is 3.62. The van der Waals surface area contributed by atoms with E-state index in [2.05, 4.69) is 9.68 Å². The predicted octanol–water partition coefficient (Wildman–Crippen LogP) is 2.86. The first-order chi connectivity index (χ1) is 12.2. The molecule has 142 valence electrons. The Balaban J connectivity index is 1.80. The molecule has 0 aliphatic carbocycles. The molecule has 3 heterocycles. The number of likely N-dealkylation sites (tertiary alicyclic amines) is 1. The molecule has 2 atom stereocenters. The van der Waals surface area contributed by atoms with Crippen molar-refractivity contribution in [2.75, 3.05) is 13.1 Å². The van der Waals surface area contributed by atoms with Crippen molar-refractivity contribution in [2.45, 2.75) is 32.2 Å². The van der Waals surface area contributed by atoms with E-state index < -0.39 is 18.2 Å². The lowest BCUT2D eigenvalue weighted by molar-refractivity contribution is -0.156. The zero-order valence-corrected chi connectivity index (χ0v) is 14.7. The second-order valence-electron chi connectivity index (χ2n) is 6.29. The van der Waals surface area contributed by atoms with Gasteiger partial charge in [-0.25, -0.2) is 0 Å². The number of nitrogens with zero attached hydrogens (tertiary/aromatic N) is 2. The normalized spacial score (nSPS) is 19.6. The van der Waals surface area contributed by atoms with Crippen LogP contribution in [-0.2, 0) is 6.18 Å². The lowest BCUT2D eigenvalue weighted by Crippen LogP contribution is -2.45. The van der Waals surface area contributed by atoms with Crippen LogP contribution >= 0.6 is 11.3 Å².